The van der Waals surface area contributed by atoms with Gasteiger partial charge in [0.2, 0.25) is 5.88 Å². The molecule has 4 heteroatoms. The molecule has 0 atom stereocenters. The number of hydrogen-bond donors (Lipinski definition) is 1. The standard InChI is InChI=1S/C12H19BrN2O/c1-4-5-16-12-10(7-14-9(2)3)6-11(13)8-15-12/h6,8-9,14H,4-5,7H2,1-3H3. The summed E-state index contributed by atoms with van der Waals surface area (Å²) in [4.78, 5) is 4.28. The van der Waals surface area contributed by atoms with Gasteiger partial charge in [0.05, 0.1) is 6.61 Å². The molecule has 0 aromatic carbocycles. The molecule has 1 N–H and O–H groups in total. The number of nitrogens with zero attached hydrogens (tertiary/aromatic N) is 1. The van der Waals surface area contributed by atoms with Crippen molar-refractivity contribution in [3.63, 3.8) is 0 Å². The first-order valence-electron chi connectivity index (χ1n) is 5.64. The smallest absolute Gasteiger partial charge is 0.217 e. The van der Waals surface area contributed by atoms with Crippen LogP contribution in [-0.2, 0) is 6.54 Å². The minimum Gasteiger partial charge on any atom is -0.477 e. The number of hydrogen-bond acceptors (Lipinski definition) is 3. The van der Waals surface area contributed by atoms with E-state index in [1.807, 2.05) is 6.07 Å². The van der Waals surface area contributed by atoms with Gasteiger partial charge in [0.15, 0.2) is 0 Å². The summed E-state index contributed by atoms with van der Waals surface area (Å²) in [6.45, 7) is 7.83. The van der Waals surface area contributed by atoms with E-state index in [4.69, 9.17) is 4.74 Å². The highest BCUT2D eigenvalue weighted by molar-refractivity contribution is 9.10. The van der Waals surface area contributed by atoms with Crippen LogP contribution in [-0.4, -0.2) is 17.6 Å². The van der Waals surface area contributed by atoms with Gasteiger partial charge in [0, 0.05) is 28.8 Å². The molecule has 1 heterocycles. The van der Waals surface area contributed by atoms with Gasteiger partial charge in [-0.15, -0.1) is 0 Å². The molecule has 0 saturated heterocycles. The number of halogens is 1. The molecule has 1 aromatic heterocycles. The number of aromatic nitrogens is 1. The zero-order valence-corrected chi connectivity index (χ0v) is 11.7. The first-order chi connectivity index (χ1) is 7.63. The van der Waals surface area contributed by atoms with Crippen molar-refractivity contribution in [1.29, 1.82) is 0 Å². The van der Waals surface area contributed by atoms with Crippen LogP contribution in [0.2, 0.25) is 0 Å². The normalized spacial score (nSPS) is 10.8. The van der Waals surface area contributed by atoms with Gasteiger partial charge >= 0.3 is 0 Å². The largest absolute Gasteiger partial charge is 0.477 e. The molecule has 1 aromatic rings. The fourth-order valence-corrected chi connectivity index (χ4v) is 1.62. The summed E-state index contributed by atoms with van der Waals surface area (Å²) in [6.07, 6.45) is 2.76. The fraction of sp³-hybridized carbons (Fsp3) is 0.583. The van der Waals surface area contributed by atoms with Gasteiger partial charge < -0.3 is 10.1 Å². The van der Waals surface area contributed by atoms with E-state index in [0.717, 1.165) is 28.9 Å². The van der Waals surface area contributed by atoms with Gasteiger partial charge in [-0.25, -0.2) is 4.98 Å². The summed E-state index contributed by atoms with van der Waals surface area (Å²) in [7, 11) is 0. The van der Waals surface area contributed by atoms with E-state index in [2.05, 4.69) is 47.0 Å². The van der Waals surface area contributed by atoms with Crippen LogP contribution in [0, 0.1) is 0 Å². The summed E-state index contributed by atoms with van der Waals surface area (Å²) in [5, 5.41) is 3.36. The van der Waals surface area contributed by atoms with E-state index in [1.165, 1.54) is 0 Å². The molecular formula is C12H19BrN2O. The molecule has 16 heavy (non-hydrogen) atoms. The minimum absolute atomic E-state index is 0.456. The summed E-state index contributed by atoms with van der Waals surface area (Å²) in [5.41, 5.74) is 1.09. The highest BCUT2D eigenvalue weighted by Crippen LogP contribution is 2.20. The van der Waals surface area contributed by atoms with Crippen LogP contribution in [0.4, 0.5) is 0 Å². The Labute approximate surface area is 106 Å². The Morgan fingerprint density at radius 2 is 2.25 bits per heavy atom. The molecule has 90 valence electrons. The van der Waals surface area contributed by atoms with Gasteiger partial charge in [0.25, 0.3) is 0 Å². The Bertz CT molecular complexity index is 329. The Hall–Kier alpha value is -0.610. The molecule has 3 nitrogen and oxygen atoms in total. The van der Waals surface area contributed by atoms with E-state index < -0.39 is 0 Å². The predicted molar refractivity (Wildman–Crippen MR) is 69.7 cm³/mol. The third-order valence-electron chi connectivity index (χ3n) is 2.04. The number of nitrogens with one attached hydrogen (secondary N) is 1. The van der Waals surface area contributed by atoms with Crippen molar-refractivity contribution in [2.24, 2.45) is 0 Å². The van der Waals surface area contributed by atoms with Crippen molar-refractivity contribution in [3.8, 4) is 5.88 Å². The molecule has 0 bridgehead atoms. The van der Waals surface area contributed by atoms with Crippen molar-refractivity contribution in [2.45, 2.75) is 39.8 Å². The minimum atomic E-state index is 0.456. The second-order valence-corrected chi connectivity index (χ2v) is 4.92. The maximum atomic E-state index is 5.60. The molecule has 0 unspecified atom stereocenters. The fourth-order valence-electron chi connectivity index (χ4n) is 1.24. The summed E-state index contributed by atoms with van der Waals surface area (Å²) < 4.78 is 6.58. The summed E-state index contributed by atoms with van der Waals surface area (Å²) in [5.74, 6) is 0.734. The van der Waals surface area contributed by atoms with Gasteiger partial charge in [-0.3, -0.25) is 0 Å². The second-order valence-electron chi connectivity index (χ2n) is 4.00. The van der Waals surface area contributed by atoms with E-state index in [-0.39, 0.29) is 0 Å². The van der Waals surface area contributed by atoms with Crippen LogP contribution in [0.1, 0.15) is 32.8 Å². The molecule has 0 spiro atoms. The van der Waals surface area contributed by atoms with Crippen LogP contribution in [0.25, 0.3) is 0 Å². The third kappa shape index (κ3) is 4.49. The highest BCUT2D eigenvalue weighted by atomic mass is 79.9. The summed E-state index contributed by atoms with van der Waals surface area (Å²) in [6, 6.07) is 2.51. The third-order valence-corrected chi connectivity index (χ3v) is 2.47. The molecule has 0 aliphatic carbocycles. The van der Waals surface area contributed by atoms with E-state index in [0.29, 0.717) is 12.6 Å². The van der Waals surface area contributed by atoms with Gasteiger partial charge in [-0.1, -0.05) is 20.8 Å². The number of rotatable bonds is 6. The van der Waals surface area contributed by atoms with E-state index in [9.17, 15) is 0 Å². The SMILES string of the molecule is CCCOc1ncc(Br)cc1CNC(C)C. The maximum absolute atomic E-state index is 5.60. The Morgan fingerprint density at radius 1 is 1.50 bits per heavy atom. The molecule has 0 saturated carbocycles. The zero-order chi connectivity index (χ0) is 12.0. The van der Waals surface area contributed by atoms with E-state index >= 15 is 0 Å². The molecule has 1 rings (SSSR count). The molecule has 0 aliphatic rings. The predicted octanol–water partition coefficient (Wildman–Crippen LogP) is 3.13. The first-order valence-corrected chi connectivity index (χ1v) is 6.43. The van der Waals surface area contributed by atoms with Gasteiger partial charge in [-0.2, -0.15) is 0 Å². The second kappa shape index (κ2) is 6.86. The molecule has 0 fully saturated rings. The molecular weight excluding hydrogens is 268 g/mol. The van der Waals surface area contributed by atoms with Crippen molar-refractivity contribution in [2.75, 3.05) is 6.61 Å². The van der Waals surface area contributed by atoms with Gasteiger partial charge in [0.1, 0.15) is 0 Å². The van der Waals surface area contributed by atoms with Gasteiger partial charge in [-0.05, 0) is 28.4 Å². The Kier molecular flexibility index (Phi) is 5.77. The van der Waals surface area contributed by atoms with Crippen LogP contribution in [0.5, 0.6) is 5.88 Å². The van der Waals surface area contributed by atoms with E-state index in [1.54, 1.807) is 6.20 Å². The lowest BCUT2D eigenvalue weighted by Gasteiger charge is -2.12. The Morgan fingerprint density at radius 3 is 2.88 bits per heavy atom. The maximum Gasteiger partial charge on any atom is 0.217 e. The topological polar surface area (TPSA) is 34.1 Å². The lowest BCUT2D eigenvalue weighted by molar-refractivity contribution is 0.300. The molecule has 0 aliphatic heterocycles. The first kappa shape index (κ1) is 13.5. The lowest BCUT2D eigenvalue weighted by Crippen LogP contribution is -2.22. The van der Waals surface area contributed by atoms with Crippen LogP contribution < -0.4 is 10.1 Å². The lowest BCUT2D eigenvalue weighted by atomic mass is 10.2. The average Bonchev–Trinajstić information content (AvgIpc) is 2.25. The molecule has 0 radical (unpaired) electrons. The van der Waals surface area contributed by atoms with Crippen molar-refractivity contribution in [3.05, 3.63) is 22.3 Å². The highest BCUT2D eigenvalue weighted by Gasteiger charge is 2.06. The van der Waals surface area contributed by atoms with Crippen LogP contribution in [0.15, 0.2) is 16.7 Å². The average molecular weight is 287 g/mol. The quantitative estimate of drug-likeness (QED) is 0.872. The van der Waals surface area contributed by atoms with Crippen LogP contribution >= 0.6 is 15.9 Å². The summed E-state index contributed by atoms with van der Waals surface area (Å²) >= 11 is 3.43. The Balaban J connectivity index is 2.72. The van der Waals surface area contributed by atoms with Crippen molar-refractivity contribution in [1.82, 2.24) is 10.3 Å². The van der Waals surface area contributed by atoms with Crippen LogP contribution in [0.3, 0.4) is 0 Å². The van der Waals surface area contributed by atoms with Crippen molar-refractivity contribution >= 4 is 15.9 Å². The monoisotopic (exact) mass is 286 g/mol. The number of ether oxygens (including phenoxy) is 1. The van der Waals surface area contributed by atoms with Crippen molar-refractivity contribution < 1.29 is 4.74 Å². The zero-order valence-electron chi connectivity index (χ0n) is 10.1. The number of pyridine rings is 1. The molecule has 0 amide bonds.